The van der Waals surface area contributed by atoms with Crippen molar-refractivity contribution in [2.45, 2.75) is 0 Å². The number of ether oxygens (including phenoxy) is 1. The molecular formula is C15H12FNO5. The van der Waals surface area contributed by atoms with E-state index in [9.17, 15) is 19.1 Å². The topological polar surface area (TPSA) is 95.9 Å². The van der Waals surface area contributed by atoms with Crippen LogP contribution in [0.4, 0.5) is 10.1 Å². The molecule has 0 atom stereocenters. The van der Waals surface area contributed by atoms with Crippen LogP contribution in [-0.4, -0.2) is 28.7 Å². The lowest BCUT2D eigenvalue weighted by molar-refractivity contribution is -0.119. The fourth-order valence-corrected chi connectivity index (χ4v) is 1.65. The van der Waals surface area contributed by atoms with Gasteiger partial charge in [0.15, 0.2) is 6.61 Å². The first-order valence-electron chi connectivity index (χ1n) is 6.21. The fraction of sp³-hybridized carbons (Fsp3) is 0.0667. The summed E-state index contributed by atoms with van der Waals surface area (Å²) in [4.78, 5) is 23.3. The summed E-state index contributed by atoms with van der Waals surface area (Å²) in [7, 11) is 0. The first kappa shape index (κ1) is 15.3. The molecule has 0 saturated carbocycles. The second kappa shape index (κ2) is 6.57. The van der Waals surface area contributed by atoms with Gasteiger partial charge < -0.3 is 20.3 Å². The number of carbonyl (C=O) groups excluding carboxylic acids is 2. The van der Waals surface area contributed by atoms with Crippen LogP contribution in [0.5, 0.6) is 11.5 Å². The number of nitrogens with one attached hydrogen (secondary N) is 1. The van der Waals surface area contributed by atoms with Gasteiger partial charge in [-0.1, -0.05) is 12.1 Å². The highest BCUT2D eigenvalue weighted by atomic mass is 19.1. The van der Waals surface area contributed by atoms with Gasteiger partial charge in [-0.25, -0.2) is 9.18 Å². The van der Waals surface area contributed by atoms with Gasteiger partial charge in [0.1, 0.15) is 22.9 Å². The molecule has 114 valence electrons. The average Bonchev–Trinajstić information content (AvgIpc) is 2.47. The van der Waals surface area contributed by atoms with E-state index >= 15 is 0 Å². The van der Waals surface area contributed by atoms with Crippen LogP contribution in [0.15, 0.2) is 42.5 Å². The van der Waals surface area contributed by atoms with Crippen molar-refractivity contribution in [1.82, 2.24) is 0 Å². The van der Waals surface area contributed by atoms with Gasteiger partial charge in [-0.05, 0) is 24.3 Å². The molecule has 2 rings (SSSR count). The van der Waals surface area contributed by atoms with Gasteiger partial charge in [0.2, 0.25) is 0 Å². The molecule has 0 saturated heterocycles. The summed E-state index contributed by atoms with van der Waals surface area (Å²) in [6.45, 7) is -0.645. The normalized spacial score (nSPS) is 10.0. The van der Waals surface area contributed by atoms with Gasteiger partial charge in [-0.2, -0.15) is 0 Å². The SMILES string of the molecule is O=C(COC(=O)c1ccc(O)cc1O)Nc1ccccc1F. The van der Waals surface area contributed by atoms with Crippen molar-refractivity contribution in [1.29, 1.82) is 0 Å². The molecule has 0 unspecified atom stereocenters. The number of rotatable bonds is 4. The minimum atomic E-state index is -0.943. The molecular weight excluding hydrogens is 293 g/mol. The maximum atomic E-state index is 13.3. The van der Waals surface area contributed by atoms with Crippen LogP contribution in [0.25, 0.3) is 0 Å². The number of anilines is 1. The van der Waals surface area contributed by atoms with Gasteiger partial charge in [-0.15, -0.1) is 0 Å². The number of para-hydroxylation sites is 1. The zero-order valence-electron chi connectivity index (χ0n) is 11.2. The van der Waals surface area contributed by atoms with Crippen LogP contribution >= 0.6 is 0 Å². The Hall–Kier alpha value is -3.09. The van der Waals surface area contributed by atoms with Crippen LogP contribution in [0, 0.1) is 5.82 Å². The minimum absolute atomic E-state index is 0.0315. The smallest absolute Gasteiger partial charge is 0.342 e. The number of halogens is 1. The Labute approximate surface area is 124 Å². The summed E-state index contributed by atoms with van der Waals surface area (Å²) >= 11 is 0. The second-order valence-electron chi connectivity index (χ2n) is 4.31. The second-order valence-corrected chi connectivity index (χ2v) is 4.31. The largest absolute Gasteiger partial charge is 0.508 e. The Morgan fingerprint density at radius 2 is 1.86 bits per heavy atom. The molecule has 0 spiro atoms. The predicted octanol–water partition coefficient (Wildman–Crippen LogP) is 2.03. The van der Waals surface area contributed by atoms with Crippen molar-refractivity contribution in [3.05, 3.63) is 53.8 Å². The van der Waals surface area contributed by atoms with E-state index in [-0.39, 0.29) is 17.0 Å². The third-order valence-corrected chi connectivity index (χ3v) is 2.68. The molecule has 22 heavy (non-hydrogen) atoms. The van der Waals surface area contributed by atoms with Crippen LogP contribution in [-0.2, 0) is 9.53 Å². The standard InChI is InChI=1S/C15H12FNO5/c16-11-3-1-2-4-12(11)17-14(20)8-22-15(21)10-6-5-9(18)7-13(10)19/h1-7,18-19H,8H2,(H,17,20). The lowest BCUT2D eigenvalue weighted by Gasteiger charge is -2.08. The van der Waals surface area contributed by atoms with E-state index in [2.05, 4.69) is 5.32 Å². The van der Waals surface area contributed by atoms with E-state index in [0.29, 0.717) is 0 Å². The van der Waals surface area contributed by atoms with Crippen molar-refractivity contribution in [2.24, 2.45) is 0 Å². The van der Waals surface area contributed by atoms with Gasteiger partial charge in [-0.3, -0.25) is 4.79 Å². The Bertz CT molecular complexity index is 717. The lowest BCUT2D eigenvalue weighted by atomic mass is 10.2. The Balaban J connectivity index is 1.93. The Morgan fingerprint density at radius 3 is 2.55 bits per heavy atom. The quantitative estimate of drug-likeness (QED) is 0.751. The molecule has 1 amide bonds. The first-order chi connectivity index (χ1) is 10.5. The molecule has 7 heteroatoms. The zero-order valence-corrected chi connectivity index (χ0v) is 11.2. The van der Waals surface area contributed by atoms with E-state index in [1.807, 2.05) is 0 Å². The average molecular weight is 305 g/mol. The van der Waals surface area contributed by atoms with Crippen LogP contribution in [0.2, 0.25) is 0 Å². The van der Waals surface area contributed by atoms with E-state index < -0.39 is 30.1 Å². The highest BCUT2D eigenvalue weighted by Crippen LogP contribution is 2.23. The van der Waals surface area contributed by atoms with Crippen molar-refractivity contribution in [3.63, 3.8) is 0 Å². The molecule has 2 aromatic rings. The van der Waals surface area contributed by atoms with Crippen molar-refractivity contribution in [3.8, 4) is 11.5 Å². The third-order valence-electron chi connectivity index (χ3n) is 2.68. The molecule has 0 radical (unpaired) electrons. The number of hydrogen-bond acceptors (Lipinski definition) is 5. The van der Waals surface area contributed by atoms with Gasteiger partial charge in [0, 0.05) is 6.07 Å². The monoisotopic (exact) mass is 305 g/mol. The Kier molecular flexibility index (Phi) is 4.57. The molecule has 2 aromatic carbocycles. The van der Waals surface area contributed by atoms with E-state index in [4.69, 9.17) is 9.84 Å². The number of amides is 1. The maximum absolute atomic E-state index is 13.3. The zero-order chi connectivity index (χ0) is 16.1. The molecule has 3 N–H and O–H groups in total. The van der Waals surface area contributed by atoms with Crippen LogP contribution < -0.4 is 5.32 Å². The van der Waals surface area contributed by atoms with Crippen molar-refractivity contribution >= 4 is 17.6 Å². The molecule has 0 bridgehead atoms. The fourth-order valence-electron chi connectivity index (χ4n) is 1.65. The molecule has 0 aromatic heterocycles. The lowest BCUT2D eigenvalue weighted by Crippen LogP contribution is -2.21. The third kappa shape index (κ3) is 3.72. The predicted molar refractivity (Wildman–Crippen MR) is 75.1 cm³/mol. The minimum Gasteiger partial charge on any atom is -0.508 e. The maximum Gasteiger partial charge on any atom is 0.342 e. The summed E-state index contributed by atoms with van der Waals surface area (Å²) in [5.41, 5.74) is -0.229. The highest BCUT2D eigenvalue weighted by molar-refractivity contribution is 5.96. The number of phenols is 2. The Morgan fingerprint density at radius 1 is 1.14 bits per heavy atom. The van der Waals surface area contributed by atoms with E-state index in [0.717, 1.165) is 12.1 Å². The molecule has 0 aliphatic heterocycles. The molecule has 0 aliphatic carbocycles. The number of carbonyl (C=O) groups is 2. The van der Waals surface area contributed by atoms with Crippen molar-refractivity contribution in [2.75, 3.05) is 11.9 Å². The summed E-state index contributed by atoms with van der Waals surface area (Å²) < 4.78 is 18.0. The van der Waals surface area contributed by atoms with Gasteiger partial charge in [0.05, 0.1) is 5.69 Å². The summed E-state index contributed by atoms with van der Waals surface area (Å²) in [5.74, 6) is -2.97. The summed E-state index contributed by atoms with van der Waals surface area (Å²) in [6, 6.07) is 8.86. The number of aromatic hydroxyl groups is 2. The molecule has 0 fully saturated rings. The first-order valence-corrected chi connectivity index (χ1v) is 6.21. The number of benzene rings is 2. The molecule has 0 aliphatic rings. The van der Waals surface area contributed by atoms with Crippen LogP contribution in [0.1, 0.15) is 10.4 Å². The molecule has 0 heterocycles. The van der Waals surface area contributed by atoms with Gasteiger partial charge >= 0.3 is 5.97 Å². The molecule has 6 nitrogen and oxygen atoms in total. The van der Waals surface area contributed by atoms with Crippen LogP contribution in [0.3, 0.4) is 0 Å². The summed E-state index contributed by atoms with van der Waals surface area (Å²) in [5, 5.41) is 20.9. The van der Waals surface area contributed by atoms with Gasteiger partial charge in [0.25, 0.3) is 5.91 Å². The van der Waals surface area contributed by atoms with E-state index in [1.165, 1.54) is 24.3 Å². The van der Waals surface area contributed by atoms with Crippen molar-refractivity contribution < 1.29 is 28.9 Å². The highest BCUT2D eigenvalue weighted by Gasteiger charge is 2.15. The van der Waals surface area contributed by atoms with E-state index in [1.54, 1.807) is 6.07 Å². The summed E-state index contributed by atoms with van der Waals surface area (Å²) in [6.07, 6.45) is 0. The number of phenolic OH excluding ortho intramolecular Hbond substituents is 2. The number of hydrogen-bond donors (Lipinski definition) is 3. The number of esters is 1.